The molecule has 0 saturated carbocycles. The molecule has 1 aromatic heterocycles. The molecule has 1 N–H and O–H groups in total. The van der Waals surface area contributed by atoms with Crippen LogP contribution in [0, 0.1) is 13.8 Å². The second-order valence-electron chi connectivity index (χ2n) is 5.31. The molecule has 0 aliphatic heterocycles. The molecular weight excluding hydrogens is 268 g/mol. The van der Waals surface area contributed by atoms with Crippen LogP contribution < -0.4 is 5.32 Å². The highest BCUT2D eigenvalue weighted by molar-refractivity contribution is 7.22. The Morgan fingerprint density at radius 1 is 1.25 bits per heavy atom. The van der Waals surface area contributed by atoms with Gasteiger partial charge in [0.1, 0.15) is 0 Å². The number of hydrogen-bond acceptors (Lipinski definition) is 3. The summed E-state index contributed by atoms with van der Waals surface area (Å²) in [6.45, 7) is 6.31. The number of thiazole rings is 1. The summed E-state index contributed by atoms with van der Waals surface area (Å²) >= 11 is 1.55. The number of nitrogens with one attached hydrogen (secondary N) is 1. The first-order valence-corrected chi connectivity index (χ1v) is 8.09. The Bertz CT molecular complexity index is 604. The molecule has 2 rings (SSSR count). The molecule has 0 radical (unpaired) electrons. The molecule has 1 heterocycles. The van der Waals surface area contributed by atoms with Crippen LogP contribution in [0.15, 0.2) is 12.1 Å². The van der Waals surface area contributed by atoms with E-state index in [-0.39, 0.29) is 5.91 Å². The Labute approximate surface area is 124 Å². The van der Waals surface area contributed by atoms with Gasteiger partial charge in [-0.05, 0) is 37.5 Å². The summed E-state index contributed by atoms with van der Waals surface area (Å²) in [5.41, 5.74) is 3.40. The maximum Gasteiger partial charge on any atom is 0.226 e. The first-order valence-electron chi connectivity index (χ1n) is 7.27. The zero-order valence-corrected chi connectivity index (χ0v) is 13.3. The van der Waals surface area contributed by atoms with Gasteiger partial charge >= 0.3 is 0 Å². The van der Waals surface area contributed by atoms with Crippen LogP contribution in [-0.2, 0) is 4.79 Å². The highest BCUT2D eigenvalue weighted by atomic mass is 32.1. The molecule has 1 amide bonds. The number of carbonyl (C=O) groups excluding carboxylic acids is 1. The molecule has 0 fully saturated rings. The first-order chi connectivity index (χ1) is 9.60. The Morgan fingerprint density at radius 2 is 2.05 bits per heavy atom. The van der Waals surface area contributed by atoms with Gasteiger partial charge in [-0.3, -0.25) is 4.79 Å². The third kappa shape index (κ3) is 3.79. The Balaban J connectivity index is 1.99. The minimum absolute atomic E-state index is 0.0783. The van der Waals surface area contributed by atoms with Crippen LogP contribution >= 0.6 is 11.3 Å². The van der Waals surface area contributed by atoms with E-state index in [2.05, 4.69) is 43.2 Å². The van der Waals surface area contributed by atoms with Crippen molar-refractivity contribution in [3.05, 3.63) is 23.3 Å². The number of hydrogen-bond donors (Lipinski definition) is 1. The lowest BCUT2D eigenvalue weighted by molar-refractivity contribution is -0.116. The van der Waals surface area contributed by atoms with Gasteiger partial charge in [-0.25, -0.2) is 4.98 Å². The minimum Gasteiger partial charge on any atom is -0.302 e. The van der Waals surface area contributed by atoms with E-state index in [1.807, 2.05) is 0 Å². The van der Waals surface area contributed by atoms with Crippen molar-refractivity contribution in [2.75, 3.05) is 5.32 Å². The van der Waals surface area contributed by atoms with Crippen LogP contribution in [0.4, 0.5) is 5.13 Å². The lowest BCUT2D eigenvalue weighted by atomic mass is 10.1. The molecule has 0 bridgehead atoms. The second-order valence-corrected chi connectivity index (χ2v) is 6.34. The van der Waals surface area contributed by atoms with Crippen LogP contribution in [0.3, 0.4) is 0 Å². The quantitative estimate of drug-likeness (QED) is 0.775. The van der Waals surface area contributed by atoms with Crippen molar-refractivity contribution in [3.8, 4) is 0 Å². The van der Waals surface area contributed by atoms with Crippen LogP contribution in [0.2, 0.25) is 0 Å². The van der Waals surface area contributed by atoms with Crippen LogP contribution in [-0.4, -0.2) is 10.9 Å². The lowest BCUT2D eigenvalue weighted by Crippen LogP contribution is -2.10. The monoisotopic (exact) mass is 290 g/mol. The third-order valence-electron chi connectivity index (χ3n) is 3.33. The fraction of sp³-hybridized carbons (Fsp3) is 0.500. The van der Waals surface area contributed by atoms with Gasteiger partial charge in [0.05, 0.1) is 10.2 Å². The van der Waals surface area contributed by atoms with E-state index in [9.17, 15) is 4.79 Å². The number of nitrogens with zero attached hydrogens (tertiary/aromatic N) is 1. The highest BCUT2D eigenvalue weighted by Crippen LogP contribution is 2.29. The predicted molar refractivity (Wildman–Crippen MR) is 86.5 cm³/mol. The van der Waals surface area contributed by atoms with E-state index in [1.54, 1.807) is 11.3 Å². The van der Waals surface area contributed by atoms with E-state index in [4.69, 9.17) is 0 Å². The number of fused-ring (bicyclic) bond motifs is 1. The zero-order chi connectivity index (χ0) is 14.5. The number of anilines is 1. The van der Waals surface area contributed by atoms with Crippen molar-refractivity contribution in [1.29, 1.82) is 0 Å². The number of aromatic nitrogens is 1. The molecule has 0 aliphatic carbocycles. The summed E-state index contributed by atoms with van der Waals surface area (Å²) in [5, 5.41) is 3.64. The average molecular weight is 290 g/mol. The molecule has 4 heteroatoms. The van der Waals surface area contributed by atoms with Crippen LogP contribution in [0.25, 0.3) is 10.2 Å². The molecule has 108 valence electrons. The van der Waals surface area contributed by atoms with Gasteiger partial charge in [0.25, 0.3) is 0 Å². The fourth-order valence-corrected chi connectivity index (χ4v) is 3.38. The number of unbranched alkanes of at least 4 members (excludes halogenated alkanes) is 3. The third-order valence-corrected chi connectivity index (χ3v) is 4.25. The summed E-state index contributed by atoms with van der Waals surface area (Å²) in [7, 11) is 0. The molecule has 3 nitrogen and oxygen atoms in total. The van der Waals surface area contributed by atoms with Gasteiger partial charge in [-0.2, -0.15) is 0 Å². The van der Waals surface area contributed by atoms with Crippen molar-refractivity contribution in [2.24, 2.45) is 0 Å². The molecule has 0 aliphatic rings. The maximum absolute atomic E-state index is 11.9. The van der Waals surface area contributed by atoms with Gasteiger partial charge in [0.2, 0.25) is 5.91 Å². The van der Waals surface area contributed by atoms with Crippen molar-refractivity contribution in [3.63, 3.8) is 0 Å². The van der Waals surface area contributed by atoms with Crippen LogP contribution in [0.5, 0.6) is 0 Å². The molecule has 0 saturated heterocycles. The lowest BCUT2D eigenvalue weighted by Gasteiger charge is -2.00. The van der Waals surface area contributed by atoms with Gasteiger partial charge in [0.15, 0.2) is 5.13 Å². The van der Waals surface area contributed by atoms with E-state index in [0.717, 1.165) is 23.1 Å². The van der Waals surface area contributed by atoms with Gasteiger partial charge in [-0.15, -0.1) is 0 Å². The Hall–Kier alpha value is -1.42. The molecular formula is C16H22N2OS. The summed E-state index contributed by atoms with van der Waals surface area (Å²) in [6.07, 6.45) is 5.07. The fourth-order valence-electron chi connectivity index (χ4n) is 2.32. The minimum atomic E-state index is 0.0783. The molecule has 0 spiro atoms. The summed E-state index contributed by atoms with van der Waals surface area (Å²) in [5.74, 6) is 0.0783. The smallest absolute Gasteiger partial charge is 0.226 e. The summed E-state index contributed by atoms with van der Waals surface area (Å²) in [4.78, 5) is 16.4. The van der Waals surface area contributed by atoms with Gasteiger partial charge in [-0.1, -0.05) is 43.6 Å². The molecule has 0 atom stereocenters. The number of aryl methyl sites for hydroxylation is 2. The van der Waals surface area contributed by atoms with Crippen molar-refractivity contribution >= 4 is 32.6 Å². The first kappa shape index (κ1) is 15.0. The van der Waals surface area contributed by atoms with Crippen molar-refractivity contribution in [2.45, 2.75) is 52.9 Å². The highest BCUT2D eigenvalue weighted by Gasteiger charge is 2.09. The standard InChI is InChI=1S/C16H22N2OS/c1-4-5-6-7-8-14(19)17-16-18-15-12(3)9-11(2)10-13(15)20-16/h9-10H,4-8H2,1-3H3,(H,17,18,19). The predicted octanol–water partition coefficient (Wildman–Crippen LogP) is 4.82. The summed E-state index contributed by atoms with van der Waals surface area (Å²) < 4.78 is 1.14. The van der Waals surface area contributed by atoms with E-state index in [1.165, 1.54) is 24.0 Å². The number of amides is 1. The van der Waals surface area contributed by atoms with E-state index in [0.29, 0.717) is 11.6 Å². The maximum atomic E-state index is 11.9. The van der Waals surface area contributed by atoms with E-state index < -0.39 is 0 Å². The van der Waals surface area contributed by atoms with Crippen molar-refractivity contribution < 1.29 is 4.79 Å². The average Bonchev–Trinajstić information content (AvgIpc) is 2.77. The van der Waals surface area contributed by atoms with Gasteiger partial charge in [0, 0.05) is 6.42 Å². The SMILES string of the molecule is CCCCCCC(=O)Nc1nc2c(C)cc(C)cc2s1. The largest absolute Gasteiger partial charge is 0.302 e. The summed E-state index contributed by atoms with van der Waals surface area (Å²) in [6, 6.07) is 4.25. The number of benzene rings is 1. The van der Waals surface area contributed by atoms with E-state index >= 15 is 0 Å². The number of rotatable bonds is 6. The Kier molecular flexibility index (Phi) is 5.12. The number of carbonyl (C=O) groups is 1. The molecule has 1 aromatic carbocycles. The molecule has 20 heavy (non-hydrogen) atoms. The normalized spacial score (nSPS) is 10.9. The van der Waals surface area contributed by atoms with Crippen LogP contribution in [0.1, 0.15) is 50.2 Å². The Morgan fingerprint density at radius 3 is 2.80 bits per heavy atom. The topological polar surface area (TPSA) is 42.0 Å². The molecule has 2 aromatic rings. The van der Waals surface area contributed by atoms with Gasteiger partial charge < -0.3 is 5.32 Å². The second kappa shape index (κ2) is 6.84. The zero-order valence-electron chi connectivity index (χ0n) is 12.5. The van der Waals surface area contributed by atoms with Crippen molar-refractivity contribution in [1.82, 2.24) is 4.98 Å². The molecule has 0 unspecified atom stereocenters.